The Bertz CT molecular complexity index is 556. The zero-order valence-corrected chi connectivity index (χ0v) is 11.2. The van der Waals surface area contributed by atoms with Crippen LogP contribution in [0.15, 0.2) is 24.5 Å². The predicted molar refractivity (Wildman–Crippen MR) is 74.0 cm³/mol. The number of anilines is 2. The van der Waals surface area contributed by atoms with Crippen molar-refractivity contribution >= 4 is 28.3 Å². The molecule has 2 aromatic rings. The van der Waals surface area contributed by atoms with E-state index in [-0.39, 0.29) is 5.82 Å². The second-order valence-electron chi connectivity index (χ2n) is 3.70. The maximum Gasteiger partial charge on any atom is 0.344 e. The van der Waals surface area contributed by atoms with Crippen LogP contribution >= 0.6 is 11.5 Å². The van der Waals surface area contributed by atoms with E-state index >= 15 is 0 Å². The Kier molecular flexibility index (Phi) is 4.30. The van der Waals surface area contributed by atoms with E-state index in [4.69, 9.17) is 10.5 Å². The van der Waals surface area contributed by atoms with Crippen molar-refractivity contribution in [3.8, 4) is 0 Å². The number of ether oxygens (including phenoxy) is 1. The van der Waals surface area contributed by atoms with Gasteiger partial charge in [0.1, 0.15) is 10.6 Å². The van der Waals surface area contributed by atoms with Gasteiger partial charge in [-0.05, 0) is 36.2 Å². The van der Waals surface area contributed by atoms with E-state index in [1.807, 2.05) is 12.1 Å². The highest BCUT2D eigenvalue weighted by atomic mass is 32.1. The first kappa shape index (κ1) is 13.3. The van der Waals surface area contributed by atoms with Crippen LogP contribution in [0.2, 0.25) is 0 Å². The monoisotopic (exact) mass is 278 g/mol. The molecular weight excluding hydrogens is 264 g/mol. The van der Waals surface area contributed by atoms with Gasteiger partial charge in [-0.2, -0.15) is 4.37 Å². The normalized spacial score (nSPS) is 10.2. The number of nitrogens with zero attached hydrogens (tertiary/aromatic N) is 2. The molecule has 7 heteroatoms. The van der Waals surface area contributed by atoms with Crippen LogP contribution in [0.1, 0.15) is 22.8 Å². The first-order valence-electron chi connectivity index (χ1n) is 5.77. The summed E-state index contributed by atoms with van der Waals surface area (Å²) in [6, 6.07) is 3.78. The fourth-order valence-corrected chi connectivity index (χ4v) is 2.20. The topological polar surface area (TPSA) is 90.1 Å². The molecule has 0 saturated carbocycles. The van der Waals surface area contributed by atoms with Crippen molar-refractivity contribution in [2.24, 2.45) is 0 Å². The molecule has 0 aliphatic carbocycles. The number of aromatic nitrogens is 2. The van der Waals surface area contributed by atoms with Crippen LogP contribution < -0.4 is 11.1 Å². The molecule has 0 amide bonds. The lowest BCUT2D eigenvalue weighted by atomic mass is 10.2. The summed E-state index contributed by atoms with van der Waals surface area (Å²) < 4.78 is 8.93. The average Bonchev–Trinajstić information content (AvgIpc) is 2.79. The van der Waals surface area contributed by atoms with E-state index in [1.165, 1.54) is 0 Å². The van der Waals surface area contributed by atoms with E-state index < -0.39 is 5.97 Å². The van der Waals surface area contributed by atoms with E-state index in [1.54, 1.807) is 19.3 Å². The molecule has 2 heterocycles. The SMILES string of the molecule is CCOC(=O)c1c(N)nsc1NCc1ccncc1. The van der Waals surface area contributed by atoms with Crippen molar-refractivity contribution in [1.82, 2.24) is 9.36 Å². The van der Waals surface area contributed by atoms with E-state index in [0.29, 0.717) is 23.7 Å². The molecular formula is C12H14N4O2S. The summed E-state index contributed by atoms with van der Waals surface area (Å²) in [7, 11) is 0. The van der Waals surface area contributed by atoms with Crippen molar-refractivity contribution in [2.45, 2.75) is 13.5 Å². The number of rotatable bonds is 5. The summed E-state index contributed by atoms with van der Waals surface area (Å²) >= 11 is 1.15. The third-order valence-corrected chi connectivity index (χ3v) is 3.22. The van der Waals surface area contributed by atoms with Crippen LogP contribution in [0.25, 0.3) is 0 Å². The van der Waals surface area contributed by atoms with Crippen LogP contribution in [-0.2, 0) is 11.3 Å². The Morgan fingerprint density at radius 3 is 2.89 bits per heavy atom. The van der Waals surface area contributed by atoms with Gasteiger partial charge in [-0.1, -0.05) is 0 Å². The third-order valence-electron chi connectivity index (χ3n) is 2.40. The lowest BCUT2D eigenvalue weighted by Gasteiger charge is -2.06. The number of esters is 1. The quantitative estimate of drug-likeness (QED) is 0.812. The number of hydrogen-bond acceptors (Lipinski definition) is 7. The molecule has 19 heavy (non-hydrogen) atoms. The van der Waals surface area contributed by atoms with Gasteiger partial charge in [0.15, 0.2) is 5.82 Å². The standard InChI is InChI=1S/C12H14N4O2S/c1-2-18-12(17)9-10(13)16-19-11(9)15-7-8-3-5-14-6-4-8/h3-6,15H,2,7H2,1H3,(H2,13,16). The molecule has 0 unspecified atom stereocenters. The molecule has 3 N–H and O–H groups in total. The molecule has 0 fully saturated rings. The van der Waals surface area contributed by atoms with Gasteiger partial charge < -0.3 is 15.8 Å². The van der Waals surface area contributed by atoms with E-state index in [2.05, 4.69) is 14.7 Å². The van der Waals surface area contributed by atoms with Gasteiger partial charge in [-0.3, -0.25) is 4.98 Å². The van der Waals surface area contributed by atoms with Gasteiger partial charge in [0.25, 0.3) is 0 Å². The smallest absolute Gasteiger partial charge is 0.344 e. The van der Waals surface area contributed by atoms with Crippen molar-refractivity contribution in [2.75, 3.05) is 17.7 Å². The summed E-state index contributed by atoms with van der Waals surface area (Å²) in [6.07, 6.45) is 3.43. The second kappa shape index (κ2) is 6.14. The van der Waals surface area contributed by atoms with Crippen molar-refractivity contribution in [3.63, 3.8) is 0 Å². The highest BCUT2D eigenvalue weighted by molar-refractivity contribution is 7.11. The number of nitrogens with one attached hydrogen (secondary N) is 1. The average molecular weight is 278 g/mol. The Morgan fingerprint density at radius 2 is 2.21 bits per heavy atom. The van der Waals surface area contributed by atoms with Gasteiger partial charge >= 0.3 is 5.97 Å². The number of hydrogen-bond donors (Lipinski definition) is 2. The summed E-state index contributed by atoms with van der Waals surface area (Å²) in [6.45, 7) is 2.62. The van der Waals surface area contributed by atoms with E-state index in [9.17, 15) is 4.79 Å². The molecule has 6 nitrogen and oxygen atoms in total. The van der Waals surface area contributed by atoms with E-state index in [0.717, 1.165) is 17.1 Å². The summed E-state index contributed by atoms with van der Waals surface area (Å²) in [4.78, 5) is 15.7. The van der Waals surface area contributed by atoms with Gasteiger partial charge in [0.05, 0.1) is 6.61 Å². The van der Waals surface area contributed by atoms with Crippen LogP contribution in [0.4, 0.5) is 10.8 Å². The predicted octanol–water partition coefficient (Wildman–Crippen LogP) is 1.91. The first-order valence-corrected chi connectivity index (χ1v) is 6.54. The largest absolute Gasteiger partial charge is 0.462 e. The Balaban J connectivity index is 2.11. The van der Waals surface area contributed by atoms with Crippen molar-refractivity contribution in [3.05, 3.63) is 35.7 Å². The van der Waals surface area contributed by atoms with Crippen molar-refractivity contribution < 1.29 is 9.53 Å². The molecule has 2 aromatic heterocycles. The van der Waals surface area contributed by atoms with Crippen LogP contribution in [0, 0.1) is 0 Å². The molecule has 0 spiro atoms. The highest BCUT2D eigenvalue weighted by Crippen LogP contribution is 2.27. The first-order chi connectivity index (χ1) is 9.22. The number of pyridine rings is 1. The zero-order chi connectivity index (χ0) is 13.7. The maximum atomic E-state index is 11.8. The molecule has 0 radical (unpaired) electrons. The molecule has 2 rings (SSSR count). The minimum Gasteiger partial charge on any atom is -0.462 e. The fourth-order valence-electron chi connectivity index (χ4n) is 1.51. The number of nitrogens with two attached hydrogens (primary N) is 1. The lowest BCUT2D eigenvalue weighted by Crippen LogP contribution is -2.10. The van der Waals surface area contributed by atoms with Crippen LogP contribution in [0.3, 0.4) is 0 Å². The second-order valence-corrected chi connectivity index (χ2v) is 4.47. The van der Waals surface area contributed by atoms with Gasteiger partial charge in [-0.25, -0.2) is 4.79 Å². The minimum absolute atomic E-state index is 0.195. The lowest BCUT2D eigenvalue weighted by molar-refractivity contribution is 0.0529. The van der Waals surface area contributed by atoms with Gasteiger partial charge in [-0.15, -0.1) is 0 Å². The fraction of sp³-hybridized carbons (Fsp3) is 0.250. The molecule has 0 aliphatic rings. The Hall–Kier alpha value is -2.15. The third kappa shape index (κ3) is 3.19. The van der Waals surface area contributed by atoms with Crippen LogP contribution in [0.5, 0.6) is 0 Å². The summed E-state index contributed by atoms with van der Waals surface area (Å²) in [5, 5.41) is 3.76. The molecule has 0 aliphatic heterocycles. The highest BCUT2D eigenvalue weighted by Gasteiger charge is 2.20. The number of nitrogen functional groups attached to an aromatic ring is 1. The minimum atomic E-state index is -0.453. The molecule has 0 atom stereocenters. The Labute approximate surface area is 114 Å². The van der Waals surface area contributed by atoms with Gasteiger partial charge in [0.2, 0.25) is 0 Å². The maximum absolute atomic E-state index is 11.8. The van der Waals surface area contributed by atoms with Crippen LogP contribution in [-0.4, -0.2) is 21.9 Å². The summed E-state index contributed by atoms with van der Waals surface area (Å²) in [5.41, 5.74) is 7.05. The zero-order valence-electron chi connectivity index (χ0n) is 10.4. The molecule has 100 valence electrons. The van der Waals surface area contributed by atoms with Gasteiger partial charge in [0, 0.05) is 18.9 Å². The summed E-state index contributed by atoms with van der Waals surface area (Å²) in [5.74, 6) is -0.258. The number of carbonyl (C=O) groups excluding carboxylic acids is 1. The molecule has 0 aromatic carbocycles. The Morgan fingerprint density at radius 1 is 1.47 bits per heavy atom. The number of carbonyl (C=O) groups is 1. The molecule has 0 bridgehead atoms. The molecule has 0 saturated heterocycles. The van der Waals surface area contributed by atoms with Crippen molar-refractivity contribution in [1.29, 1.82) is 0 Å².